The minimum Gasteiger partial charge on any atom is -0.350 e. The van der Waals surface area contributed by atoms with Crippen molar-refractivity contribution < 1.29 is 18.0 Å². The molecule has 0 fully saturated rings. The van der Waals surface area contributed by atoms with Gasteiger partial charge in [-0.25, -0.2) is 0 Å². The molecule has 9 heteroatoms. The fourth-order valence-electron chi connectivity index (χ4n) is 1.98. The van der Waals surface area contributed by atoms with Crippen molar-refractivity contribution in [2.45, 2.75) is 31.1 Å². The normalized spacial score (nSPS) is 15.4. The van der Waals surface area contributed by atoms with Gasteiger partial charge in [0, 0.05) is 38.9 Å². The van der Waals surface area contributed by atoms with Gasteiger partial charge >= 0.3 is 6.18 Å². The molecule has 0 unspecified atom stereocenters. The molecule has 1 aromatic heterocycles. The summed E-state index contributed by atoms with van der Waals surface area (Å²) in [6.45, 7) is 0.230. The standard InChI is InChI=1S/C13H14F3N5O/c1-3-4-5-12(19-20-12)6-7-17-11(22)9-8-10(13(14,15)16)21(2)18-9/h1,8H,4-7H2,2H3,(H,17,22). The molecule has 0 spiro atoms. The van der Waals surface area contributed by atoms with E-state index in [0.717, 1.165) is 13.1 Å². The third-order valence-corrected chi connectivity index (χ3v) is 3.27. The number of aromatic nitrogens is 2. The van der Waals surface area contributed by atoms with E-state index in [1.54, 1.807) is 0 Å². The molecule has 22 heavy (non-hydrogen) atoms. The predicted molar refractivity (Wildman–Crippen MR) is 70.8 cm³/mol. The number of aryl methyl sites for hydroxylation is 1. The maximum Gasteiger partial charge on any atom is 0.433 e. The molecule has 0 aliphatic carbocycles. The van der Waals surface area contributed by atoms with Gasteiger partial charge in [-0.05, 0) is 0 Å². The molecule has 2 rings (SSSR count). The van der Waals surface area contributed by atoms with Crippen LogP contribution in [0.4, 0.5) is 13.2 Å². The van der Waals surface area contributed by atoms with Crippen LogP contribution in [0.25, 0.3) is 0 Å². The third-order valence-electron chi connectivity index (χ3n) is 3.27. The van der Waals surface area contributed by atoms with Gasteiger partial charge in [0.2, 0.25) is 0 Å². The highest BCUT2D eigenvalue weighted by atomic mass is 19.4. The van der Waals surface area contributed by atoms with Crippen LogP contribution < -0.4 is 5.32 Å². The van der Waals surface area contributed by atoms with Gasteiger partial charge in [0.15, 0.2) is 11.4 Å². The first-order valence-corrected chi connectivity index (χ1v) is 6.54. The number of hydrogen-bond acceptors (Lipinski definition) is 4. The summed E-state index contributed by atoms with van der Waals surface area (Å²) in [5, 5.41) is 13.9. The largest absolute Gasteiger partial charge is 0.433 e. The quantitative estimate of drug-likeness (QED) is 0.817. The van der Waals surface area contributed by atoms with Crippen molar-refractivity contribution in [2.75, 3.05) is 6.54 Å². The van der Waals surface area contributed by atoms with E-state index in [2.05, 4.69) is 26.6 Å². The van der Waals surface area contributed by atoms with Crippen LogP contribution in [-0.4, -0.2) is 27.9 Å². The summed E-state index contributed by atoms with van der Waals surface area (Å²) >= 11 is 0. The van der Waals surface area contributed by atoms with Crippen molar-refractivity contribution in [1.82, 2.24) is 15.1 Å². The summed E-state index contributed by atoms with van der Waals surface area (Å²) in [5.41, 5.74) is -1.80. The molecule has 1 N–H and O–H groups in total. The van der Waals surface area contributed by atoms with E-state index in [9.17, 15) is 18.0 Å². The average molecular weight is 313 g/mol. The van der Waals surface area contributed by atoms with E-state index in [-0.39, 0.29) is 12.2 Å². The lowest BCUT2D eigenvalue weighted by atomic mass is 10.0. The molecule has 0 atom stereocenters. The summed E-state index contributed by atoms with van der Waals surface area (Å²) in [7, 11) is 1.14. The Morgan fingerprint density at radius 2 is 2.14 bits per heavy atom. The first-order valence-electron chi connectivity index (χ1n) is 6.54. The first kappa shape index (κ1) is 16.0. The fourth-order valence-corrected chi connectivity index (χ4v) is 1.98. The Hall–Kier alpha value is -2.37. The lowest BCUT2D eigenvalue weighted by molar-refractivity contribution is -0.143. The van der Waals surface area contributed by atoms with Crippen molar-refractivity contribution in [3.05, 3.63) is 17.5 Å². The molecule has 0 aromatic carbocycles. The Morgan fingerprint density at radius 3 is 2.64 bits per heavy atom. The maximum atomic E-state index is 12.6. The van der Waals surface area contributed by atoms with Gasteiger partial charge in [-0.15, -0.1) is 12.3 Å². The van der Waals surface area contributed by atoms with Gasteiger partial charge in [0.05, 0.1) is 0 Å². The summed E-state index contributed by atoms with van der Waals surface area (Å²) in [6, 6.07) is 0.718. The molecule has 6 nitrogen and oxygen atoms in total. The second kappa shape index (κ2) is 5.79. The number of alkyl halides is 3. The lowest BCUT2D eigenvalue weighted by Crippen LogP contribution is -2.28. The number of nitrogens with zero attached hydrogens (tertiary/aromatic N) is 4. The van der Waals surface area contributed by atoms with Gasteiger partial charge in [-0.2, -0.15) is 28.5 Å². The third kappa shape index (κ3) is 3.63. The van der Waals surface area contributed by atoms with Gasteiger partial charge in [0.1, 0.15) is 5.69 Å². The molecule has 1 aliphatic heterocycles. The molecule has 0 saturated carbocycles. The Bertz CT molecular complexity index is 635. The summed E-state index contributed by atoms with van der Waals surface area (Å²) in [5.74, 6) is 1.82. The fraction of sp³-hybridized carbons (Fsp3) is 0.538. The highest BCUT2D eigenvalue weighted by Gasteiger charge is 2.39. The van der Waals surface area contributed by atoms with Gasteiger partial charge in [-0.3, -0.25) is 9.48 Å². The first-order chi connectivity index (χ1) is 10.3. The van der Waals surface area contributed by atoms with Crippen LogP contribution in [0, 0.1) is 12.3 Å². The van der Waals surface area contributed by atoms with Crippen molar-refractivity contribution in [3.8, 4) is 12.3 Å². The van der Waals surface area contributed by atoms with Crippen LogP contribution in [0.1, 0.15) is 35.4 Å². The summed E-state index contributed by atoms with van der Waals surface area (Å²) in [6.07, 6.45) is 2.19. The number of terminal acetylenes is 1. The molecule has 2 heterocycles. The zero-order valence-electron chi connectivity index (χ0n) is 11.8. The minimum atomic E-state index is -4.55. The van der Waals surface area contributed by atoms with E-state index in [4.69, 9.17) is 6.42 Å². The molecular weight excluding hydrogens is 299 g/mol. The summed E-state index contributed by atoms with van der Waals surface area (Å²) in [4.78, 5) is 11.8. The Morgan fingerprint density at radius 1 is 1.45 bits per heavy atom. The topological polar surface area (TPSA) is 71.6 Å². The number of rotatable bonds is 6. The van der Waals surface area contributed by atoms with E-state index in [1.807, 2.05) is 0 Å². The highest BCUT2D eigenvalue weighted by molar-refractivity contribution is 5.92. The summed E-state index contributed by atoms with van der Waals surface area (Å²) < 4.78 is 38.5. The maximum absolute atomic E-state index is 12.6. The van der Waals surface area contributed by atoms with Crippen LogP contribution in [0.2, 0.25) is 0 Å². The number of hydrogen-bond donors (Lipinski definition) is 1. The highest BCUT2D eigenvalue weighted by Crippen LogP contribution is 2.36. The van der Waals surface area contributed by atoms with Crippen LogP contribution >= 0.6 is 0 Å². The molecule has 1 aromatic rings. The molecule has 0 bridgehead atoms. The smallest absolute Gasteiger partial charge is 0.350 e. The van der Waals surface area contributed by atoms with Crippen molar-refractivity contribution in [1.29, 1.82) is 0 Å². The minimum absolute atomic E-state index is 0.230. The average Bonchev–Trinajstić information content (AvgIpc) is 3.08. The zero-order chi connectivity index (χ0) is 16.4. The van der Waals surface area contributed by atoms with Crippen LogP contribution in [0.3, 0.4) is 0 Å². The molecular formula is C13H14F3N5O. The van der Waals surface area contributed by atoms with Gasteiger partial charge in [0.25, 0.3) is 5.91 Å². The van der Waals surface area contributed by atoms with E-state index < -0.39 is 23.4 Å². The molecule has 0 radical (unpaired) electrons. The van der Waals surface area contributed by atoms with Crippen molar-refractivity contribution in [2.24, 2.45) is 17.3 Å². The number of amides is 1. The number of halogens is 3. The predicted octanol–water partition coefficient (Wildman–Crippen LogP) is 2.13. The van der Waals surface area contributed by atoms with Crippen LogP contribution in [-0.2, 0) is 13.2 Å². The van der Waals surface area contributed by atoms with Gasteiger partial charge < -0.3 is 5.32 Å². The second-order valence-electron chi connectivity index (χ2n) is 4.93. The van der Waals surface area contributed by atoms with E-state index in [1.165, 1.54) is 0 Å². The number of carbonyl (C=O) groups excluding carboxylic acids is 1. The second-order valence-corrected chi connectivity index (χ2v) is 4.93. The van der Waals surface area contributed by atoms with E-state index in [0.29, 0.717) is 23.9 Å². The van der Waals surface area contributed by atoms with Crippen LogP contribution in [0.15, 0.2) is 16.3 Å². The van der Waals surface area contributed by atoms with Crippen molar-refractivity contribution >= 4 is 5.91 Å². The Balaban J connectivity index is 1.87. The Kier molecular flexibility index (Phi) is 4.21. The van der Waals surface area contributed by atoms with Gasteiger partial charge in [-0.1, -0.05) is 0 Å². The molecule has 0 saturated heterocycles. The Labute approximate surface area is 124 Å². The molecule has 1 amide bonds. The number of nitrogens with one attached hydrogen (secondary N) is 1. The zero-order valence-corrected chi connectivity index (χ0v) is 11.8. The SMILES string of the molecule is C#CCCC1(CCNC(=O)c2cc(C(F)(F)F)n(C)n2)N=N1. The lowest BCUT2D eigenvalue weighted by Gasteiger charge is -2.08. The van der Waals surface area contributed by atoms with E-state index >= 15 is 0 Å². The monoisotopic (exact) mass is 313 g/mol. The molecule has 118 valence electrons. The molecule has 1 aliphatic rings. The number of carbonyl (C=O) groups is 1. The van der Waals surface area contributed by atoms with Crippen LogP contribution in [0.5, 0.6) is 0 Å². The van der Waals surface area contributed by atoms with Crippen molar-refractivity contribution in [3.63, 3.8) is 0 Å².